The van der Waals surface area contributed by atoms with Crippen LogP contribution < -0.4 is 11.1 Å². The second-order valence-corrected chi connectivity index (χ2v) is 9.08. The lowest BCUT2D eigenvalue weighted by Crippen LogP contribution is -2.63. The molecule has 1 unspecified atom stereocenters. The minimum atomic E-state index is -0.645. The van der Waals surface area contributed by atoms with Crippen molar-refractivity contribution in [1.29, 1.82) is 5.41 Å². The molecule has 1 aromatic carbocycles. The first-order chi connectivity index (χ1) is 14.9. The number of amides is 1. The third kappa shape index (κ3) is 4.18. The van der Waals surface area contributed by atoms with E-state index in [2.05, 4.69) is 21.7 Å². The Balaban J connectivity index is 1.60. The van der Waals surface area contributed by atoms with Gasteiger partial charge >= 0.3 is 0 Å². The van der Waals surface area contributed by atoms with Gasteiger partial charge in [0.25, 0.3) is 0 Å². The maximum absolute atomic E-state index is 13.2. The van der Waals surface area contributed by atoms with Crippen molar-refractivity contribution < 1.29 is 4.79 Å². The zero-order chi connectivity index (χ0) is 22.0. The maximum atomic E-state index is 13.2. The predicted molar refractivity (Wildman–Crippen MR) is 126 cm³/mol. The lowest BCUT2D eigenvalue weighted by Gasteiger charge is -2.45. The molecular weight excluding hydrogens is 406 g/mol. The Morgan fingerprint density at radius 3 is 2.81 bits per heavy atom. The van der Waals surface area contributed by atoms with Crippen LogP contribution in [0.1, 0.15) is 30.3 Å². The van der Waals surface area contributed by atoms with E-state index in [9.17, 15) is 4.79 Å². The standard InChI is InChI=1S/C24H27N5OS/c1-24(21-14-17(15-31-21)16-7-5-8-18(25)13-16)20(22(30)29(2)23(26)28-24)11-6-10-19-9-3-4-12-27-19/h3-5,7-9,12-15,20H,6,10-11,25H2,1-2H3,(H2,26,28)/t20?,24-/m0/s1. The van der Waals surface area contributed by atoms with E-state index >= 15 is 0 Å². The molecule has 1 amide bonds. The van der Waals surface area contributed by atoms with Crippen LogP contribution >= 0.6 is 11.3 Å². The van der Waals surface area contributed by atoms with Crippen LogP contribution in [-0.2, 0) is 16.8 Å². The highest BCUT2D eigenvalue weighted by Gasteiger charge is 2.47. The Bertz CT molecular complexity index is 1100. The van der Waals surface area contributed by atoms with E-state index in [0.29, 0.717) is 6.42 Å². The van der Waals surface area contributed by atoms with E-state index in [4.69, 9.17) is 11.1 Å². The molecule has 7 heteroatoms. The van der Waals surface area contributed by atoms with Crippen LogP contribution in [0.25, 0.3) is 11.1 Å². The molecule has 1 fully saturated rings. The van der Waals surface area contributed by atoms with Gasteiger partial charge in [0, 0.05) is 29.5 Å². The number of carbonyl (C=O) groups excluding carboxylic acids is 1. The van der Waals surface area contributed by atoms with Crippen LogP contribution in [0.4, 0.5) is 5.69 Å². The van der Waals surface area contributed by atoms with Crippen molar-refractivity contribution in [3.05, 3.63) is 70.7 Å². The zero-order valence-corrected chi connectivity index (χ0v) is 18.6. The van der Waals surface area contributed by atoms with Gasteiger partial charge in [-0.1, -0.05) is 18.2 Å². The lowest BCUT2D eigenvalue weighted by molar-refractivity contribution is -0.135. The molecular formula is C24H27N5OS. The van der Waals surface area contributed by atoms with Crippen LogP contribution in [0, 0.1) is 11.3 Å². The normalized spacial score (nSPS) is 21.2. The van der Waals surface area contributed by atoms with Crippen molar-refractivity contribution in [2.24, 2.45) is 5.92 Å². The Morgan fingerprint density at radius 1 is 1.23 bits per heavy atom. The largest absolute Gasteiger partial charge is 0.399 e. The highest BCUT2D eigenvalue weighted by molar-refractivity contribution is 7.10. The first kappa shape index (κ1) is 21.1. The molecule has 2 aromatic heterocycles. The number of nitrogens with one attached hydrogen (secondary N) is 2. The van der Waals surface area contributed by atoms with Gasteiger partial charge < -0.3 is 11.1 Å². The summed E-state index contributed by atoms with van der Waals surface area (Å²) in [7, 11) is 1.66. The Kier molecular flexibility index (Phi) is 5.78. The number of hydrogen-bond donors (Lipinski definition) is 3. The average Bonchev–Trinajstić information content (AvgIpc) is 3.27. The molecule has 160 valence electrons. The van der Waals surface area contributed by atoms with Gasteiger partial charge in [-0.3, -0.25) is 20.1 Å². The number of rotatable bonds is 6. The number of nitrogens with two attached hydrogens (primary N) is 1. The Morgan fingerprint density at radius 2 is 2.06 bits per heavy atom. The van der Waals surface area contributed by atoms with Crippen molar-refractivity contribution in [1.82, 2.24) is 15.2 Å². The van der Waals surface area contributed by atoms with Gasteiger partial charge in [-0.2, -0.15) is 0 Å². The van der Waals surface area contributed by atoms with E-state index in [-0.39, 0.29) is 17.8 Å². The van der Waals surface area contributed by atoms with Crippen molar-refractivity contribution >= 4 is 28.9 Å². The Hall–Kier alpha value is -3.19. The maximum Gasteiger partial charge on any atom is 0.234 e. The number of nitrogen functional groups attached to an aromatic ring is 1. The highest BCUT2D eigenvalue weighted by Crippen LogP contribution is 2.41. The molecule has 0 saturated carbocycles. The van der Waals surface area contributed by atoms with Crippen molar-refractivity contribution in [2.75, 3.05) is 12.8 Å². The van der Waals surface area contributed by atoms with Crippen molar-refractivity contribution in [3.63, 3.8) is 0 Å². The Labute approximate surface area is 186 Å². The number of hydrogen-bond acceptors (Lipinski definition) is 5. The highest BCUT2D eigenvalue weighted by atomic mass is 32.1. The quantitative estimate of drug-likeness (QED) is 0.507. The van der Waals surface area contributed by atoms with Crippen LogP contribution in [-0.4, -0.2) is 28.8 Å². The number of aryl methyl sites for hydroxylation is 1. The fourth-order valence-electron chi connectivity index (χ4n) is 4.16. The first-order valence-electron chi connectivity index (χ1n) is 10.4. The first-order valence-corrected chi connectivity index (χ1v) is 11.3. The molecule has 1 aliphatic heterocycles. The minimum Gasteiger partial charge on any atom is -0.399 e. The molecule has 0 bridgehead atoms. The topological polar surface area (TPSA) is 95.1 Å². The average molecular weight is 434 g/mol. The van der Waals surface area contributed by atoms with Gasteiger partial charge in [-0.25, -0.2) is 0 Å². The number of thiophene rings is 1. The minimum absolute atomic E-state index is 0.0221. The monoisotopic (exact) mass is 433 g/mol. The molecule has 31 heavy (non-hydrogen) atoms. The van der Waals surface area contributed by atoms with E-state index in [1.54, 1.807) is 24.6 Å². The molecule has 0 aliphatic carbocycles. The van der Waals surface area contributed by atoms with Crippen LogP contribution in [0.5, 0.6) is 0 Å². The molecule has 0 radical (unpaired) electrons. The second kappa shape index (κ2) is 8.51. The molecule has 0 spiro atoms. The van der Waals surface area contributed by atoms with Gasteiger partial charge in [-0.15, -0.1) is 11.3 Å². The number of guanidine groups is 1. The third-order valence-corrected chi connectivity index (χ3v) is 7.19. The number of aromatic nitrogens is 1. The summed E-state index contributed by atoms with van der Waals surface area (Å²) in [5, 5.41) is 13.7. The summed E-state index contributed by atoms with van der Waals surface area (Å²) >= 11 is 1.61. The van der Waals surface area contributed by atoms with Gasteiger partial charge in [0.2, 0.25) is 5.91 Å². The van der Waals surface area contributed by atoms with Gasteiger partial charge in [-0.05, 0) is 73.0 Å². The summed E-state index contributed by atoms with van der Waals surface area (Å²) < 4.78 is 0. The molecule has 1 aliphatic rings. The number of carbonyl (C=O) groups is 1. The smallest absolute Gasteiger partial charge is 0.234 e. The molecule has 3 aromatic rings. The van der Waals surface area contributed by atoms with Crippen LogP contribution in [0.3, 0.4) is 0 Å². The lowest BCUT2D eigenvalue weighted by atomic mass is 9.78. The third-order valence-electron chi connectivity index (χ3n) is 6.02. The van der Waals surface area contributed by atoms with E-state index in [1.165, 1.54) is 4.90 Å². The fraction of sp³-hybridized carbons (Fsp3) is 0.292. The van der Waals surface area contributed by atoms with Gasteiger partial charge in [0.1, 0.15) is 0 Å². The SMILES string of the molecule is CN1C(=N)N[C@](C)(c2cc(-c3cccc(N)c3)cs2)C(CCCc2ccccn2)C1=O. The van der Waals surface area contributed by atoms with Gasteiger partial charge in [0.15, 0.2) is 5.96 Å². The summed E-state index contributed by atoms with van der Waals surface area (Å²) in [5.41, 5.74) is 9.18. The predicted octanol–water partition coefficient (Wildman–Crippen LogP) is 4.24. The molecule has 4 rings (SSSR count). The summed E-state index contributed by atoms with van der Waals surface area (Å²) in [6.07, 6.45) is 4.17. The van der Waals surface area contributed by atoms with E-state index in [0.717, 1.165) is 40.2 Å². The molecule has 3 heterocycles. The molecule has 1 saturated heterocycles. The number of pyridine rings is 1. The molecule has 2 atom stereocenters. The van der Waals surface area contributed by atoms with Crippen molar-refractivity contribution in [3.8, 4) is 11.1 Å². The van der Waals surface area contributed by atoms with E-state index in [1.807, 2.05) is 49.4 Å². The summed E-state index contributed by atoms with van der Waals surface area (Å²) in [6, 6.07) is 15.8. The zero-order valence-electron chi connectivity index (χ0n) is 17.8. The second-order valence-electron chi connectivity index (χ2n) is 8.16. The number of anilines is 1. The van der Waals surface area contributed by atoms with E-state index < -0.39 is 5.54 Å². The van der Waals surface area contributed by atoms with Gasteiger partial charge in [0.05, 0.1) is 11.5 Å². The van der Waals surface area contributed by atoms with Crippen molar-refractivity contribution in [2.45, 2.75) is 31.7 Å². The summed E-state index contributed by atoms with van der Waals surface area (Å²) in [6.45, 7) is 2.03. The van der Waals surface area contributed by atoms with Crippen LogP contribution in [0.15, 0.2) is 60.1 Å². The number of nitrogens with zero attached hydrogens (tertiary/aromatic N) is 2. The molecule has 4 N–H and O–H groups in total. The summed E-state index contributed by atoms with van der Waals surface area (Å²) in [5.74, 6) is -0.166. The van der Waals surface area contributed by atoms with Crippen LogP contribution in [0.2, 0.25) is 0 Å². The fourth-order valence-corrected chi connectivity index (χ4v) is 5.26. The molecule has 6 nitrogen and oxygen atoms in total. The number of benzene rings is 1. The summed E-state index contributed by atoms with van der Waals surface area (Å²) in [4.78, 5) is 20.1.